The Kier molecular flexibility index (Phi) is 2.00. The summed E-state index contributed by atoms with van der Waals surface area (Å²) in [5.41, 5.74) is 2.53. The molecule has 4 nitrogen and oxygen atoms in total. The van der Waals surface area contributed by atoms with Gasteiger partial charge in [0.1, 0.15) is 11.0 Å². The molecule has 0 aliphatic heterocycles. The summed E-state index contributed by atoms with van der Waals surface area (Å²) in [5, 5.41) is 19.8. The van der Waals surface area contributed by atoms with E-state index in [9.17, 15) is 5.11 Å². The van der Waals surface area contributed by atoms with Crippen molar-refractivity contribution in [2.45, 2.75) is 19.3 Å². The summed E-state index contributed by atoms with van der Waals surface area (Å²) in [7, 11) is 0. The molecule has 74 valence electrons. The molecule has 2 N–H and O–H groups in total. The highest BCUT2D eigenvalue weighted by Gasteiger charge is 2.19. The van der Waals surface area contributed by atoms with Crippen LogP contribution >= 0.6 is 0 Å². The second-order valence-corrected chi connectivity index (χ2v) is 4.07. The quantitative estimate of drug-likeness (QED) is 0.750. The van der Waals surface area contributed by atoms with Crippen LogP contribution in [0.1, 0.15) is 19.4 Å². The molecule has 0 spiro atoms. The van der Waals surface area contributed by atoms with Crippen molar-refractivity contribution in [2.24, 2.45) is 0 Å². The van der Waals surface area contributed by atoms with E-state index >= 15 is 0 Å². The number of aromatic nitrogens is 3. The van der Waals surface area contributed by atoms with Crippen LogP contribution in [-0.4, -0.2) is 27.1 Å². The van der Waals surface area contributed by atoms with Gasteiger partial charge in [0, 0.05) is 5.41 Å². The fourth-order valence-electron chi connectivity index (χ4n) is 1.35. The lowest BCUT2D eigenvalue weighted by molar-refractivity contribution is 0.218. The standard InChI is InChI=1S/C10H13N3O/c1-10(2,6-14)7-3-4-8-9(5-7)12-13-11-8/h3-5,14H,6H2,1-2H3,(H,11,12,13). The monoisotopic (exact) mass is 191 g/mol. The van der Waals surface area contributed by atoms with Crippen molar-refractivity contribution < 1.29 is 5.11 Å². The Morgan fingerprint density at radius 3 is 2.71 bits per heavy atom. The number of nitrogens with one attached hydrogen (secondary N) is 1. The smallest absolute Gasteiger partial charge is 0.113 e. The fourth-order valence-corrected chi connectivity index (χ4v) is 1.35. The van der Waals surface area contributed by atoms with Crippen molar-refractivity contribution in [2.75, 3.05) is 6.61 Å². The molecule has 0 aliphatic carbocycles. The first-order valence-corrected chi connectivity index (χ1v) is 4.55. The van der Waals surface area contributed by atoms with Crippen molar-refractivity contribution in [1.82, 2.24) is 15.4 Å². The first kappa shape index (κ1) is 9.15. The predicted octanol–water partition coefficient (Wildman–Crippen LogP) is 1.23. The number of aliphatic hydroxyl groups excluding tert-OH is 1. The Hall–Kier alpha value is -1.42. The summed E-state index contributed by atoms with van der Waals surface area (Å²) >= 11 is 0. The predicted molar refractivity (Wildman–Crippen MR) is 54.0 cm³/mol. The molecule has 2 rings (SSSR count). The molecule has 2 aromatic rings. The van der Waals surface area contributed by atoms with Crippen LogP contribution in [0, 0.1) is 0 Å². The van der Waals surface area contributed by atoms with Crippen LogP contribution in [0.3, 0.4) is 0 Å². The maximum absolute atomic E-state index is 9.23. The van der Waals surface area contributed by atoms with Crippen LogP contribution in [0.5, 0.6) is 0 Å². The lowest BCUT2D eigenvalue weighted by Gasteiger charge is -2.21. The molecule has 14 heavy (non-hydrogen) atoms. The molecule has 0 bridgehead atoms. The Balaban J connectivity index is 2.53. The van der Waals surface area contributed by atoms with Crippen LogP contribution in [0.15, 0.2) is 18.2 Å². The maximum atomic E-state index is 9.23. The minimum Gasteiger partial charge on any atom is -0.395 e. The SMILES string of the molecule is CC(C)(CO)c1ccc2n[nH]nc2c1. The Morgan fingerprint density at radius 2 is 2.00 bits per heavy atom. The van der Waals surface area contributed by atoms with Gasteiger partial charge in [-0.05, 0) is 17.7 Å². The van der Waals surface area contributed by atoms with E-state index in [1.54, 1.807) is 0 Å². The van der Waals surface area contributed by atoms with Crippen LogP contribution in [-0.2, 0) is 5.41 Å². The third-order valence-corrected chi connectivity index (χ3v) is 2.49. The second-order valence-electron chi connectivity index (χ2n) is 4.07. The third kappa shape index (κ3) is 1.37. The van der Waals surface area contributed by atoms with Gasteiger partial charge in [0.2, 0.25) is 0 Å². The minimum absolute atomic E-state index is 0.121. The largest absolute Gasteiger partial charge is 0.395 e. The zero-order chi connectivity index (χ0) is 10.2. The Labute approximate surface area is 82.0 Å². The van der Waals surface area contributed by atoms with Crippen molar-refractivity contribution >= 4 is 11.0 Å². The summed E-state index contributed by atoms with van der Waals surface area (Å²) < 4.78 is 0. The molecule has 0 radical (unpaired) electrons. The van der Waals surface area contributed by atoms with Gasteiger partial charge < -0.3 is 5.11 Å². The summed E-state index contributed by atoms with van der Waals surface area (Å²) in [4.78, 5) is 0. The number of nitrogens with zero attached hydrogens (tertiary/aromatic N) is 2. The van der Waals surface area contributed by atoms with Gasteiger partial charge in [-0.25, -0.2) is 0 Å². The molecular formula is C10H13N3O. The van der Waals surface area contributed by atoms with Crippen LogP contribution in [0.25, 0.3) is 11.0 Å². The number of H-pyrrole nitrogens is 1. The van der Waals surface area contributed by atoms with E-state index < -0.39 is 0 Å². The van der Waals surface area contributed by atoms with Gasteiger partial charge in [-0.3, -0.25) is 0 Å². The molecule has 0 unspecified atom stereocenters. The number of rotatable bonds is 2. The Bertz CT molecular complexity index is 447. The zero-order valence-corrected chi connectivity index (χ0v) is 8.28. The average Bonchev–Trinajstić information content (AvgIpc) is 2.64. The molecule has 0 saturated carbocycles. The van der Waals surface area contributed by atoms with Crippen molar-refractivity contribution in [3.8, 4) is 0 Å². The molecule has 1 heterocycles. The van der Waals surface area contributed by atoms with Crippen LogP contribution < -0.4 is 0 Å². The van der Waals surface area contributed by atoms with E-state index in [0.717, 1.165) is 16.6 Å². The van der Waals surface area contributed by atoms with Crippen molar-refractivity contribution in [3.05, 3.63) is 23.8 Å². The average molecular weight is 191 g/mol. The number of aromatic amines is 1. The van der Waals surface area contributed by atoms with Gasteiger partial charge in [-0.2, -0.15) is 15.4 Å². The van der Waals surface area contributed by atoms with E-state index in [1.807, 2.05) is 32.0 Å². The van der Waals surface area contributed by atoms with Crippen LogP contribution in [0.2, 0.25) is 0 Å². The molecule has 1 aromatic carbocycles. The van der Waals surface area contributed by atoms with Gasteiger partial charge in [0.05, 0.1) is 6.61 Å². The highest BCUT2D eigenvalue weighted by Crippen LogP contribution is 2.24. The van der Waals surface area contributed by atoms with Gasteiger partial charge >= 0.3 is 0 Å². The van der Waals surface area contributed by atoms with Gasteiger partial charge in [0.25, 0.3) is 0 Å². The van der Waals surface area contributed by atoms with Gasteiger partial charge in [-0.15, -0.1) is 0 Å². The molecule has 1 aromatic heterocycles. The first-order chi connectivity index (χ1) is 6.63. The number of fused-ring (bicyclic) bond motifs is 1. The summed E-state index contributed by atoms with van der Waals surface area (Å²) in [6, 6.07) is 5.84. The molecule has 0 atom stereocenters. The second kappa shape index (κ2) is 3.06. The number of hydrogen-bond acceptors (Lipinski definition) is 3. The van der Waals surface area contributed by atoms with E-state index in [1.165, 1.54) is 0 Å². The number of aliphatic hydroxyl groups is 1. The summed E-state index contributed by atoms with van der Waals surface area (Å²) in [6.07, 6.45) is 0. The summed E-state index contributed by atoms with van der Waals surface area (Å²) in [5.74, 6) is 0. The molecular weight excluding hydrogens is 178 g/mol. The van der Waals surface area contributed by atoms with Crippen molar-refractivity contribution in [3.63, 3.8) is 0 Å². The lowest BCUT2D eigenvalue weighted by Crippen LogP contribution is -2.21. The molecule has 0 saturated heterocycles. The molecule has 0 aliphatic rings. The maximum Gasteiger partial charge on any atom is 0.113 e. The first-order valence-electron chi connectivity index (χ1n) is 4.55. The fraction of sp³-hybridized carbons (Fsp3) is 0.400. The third-order valence-electron chi connectivity index (χ3n) is 2.49. The van der Waals surface area contributed by atoms with E-state index in [-0.39, 0.29) is 12.0 Å². The topological polar surface area (TPSA) is 61.8 Å². The lowest BCUT2D eigenvalue weighted by atomic mass is 9.85. The Morgan fingerprint density at radius 1 is 1.29 bits per heavy atom. The van der Waals surface area contributed by atoms with E-state index in [0.29, 0.717) is 0 Å². The van der Waals surface area contributed by atoms with Crippen molar-refractivity contribution in [1.29, 1.82) is 0 Å². The van der Waals surface area contributed by atoms with Gasteiger partial charge in [0.15, 0.2) is 0 Å². The van der Waals surface area contributed by atoms with E-state index in [2.05, 4.69) is 15.4 Å². The normalized spacial score (nSPS) is 12.2. The highest BCUT2D eigenvalue weighted by atomic mass is 16.3. The molecule has 4 heteroatoms. The summed E-state index contributed by atoms with van der Waals surface area (Å²) in [6.45, 7) is 4.11. The van der Waals surface area contributed by atoms with Gasteiger partial charge in [-0.1, -0.05) is 19.9 Å². The van der Waals surface area contributed by atoms with E-state index in [4.69, 9.17) is 0 Å². The van der Waals surface area contributed by atoms with Crippen LogP contribution in [0.4, 0.5) is 0 Å². The molecule has 0 fully saturated rings. The highest BCUT2D eigenvalue weighted by molar-refractivity contribution is 5.74. The zero-order valence-electron chi connectivity index (χ0n) is 8.28. The number of hydrogen-bond donors (Lipinski definition) is 2. The molecule has 0 amide bonds. The number of benzene rings is 1. The minimum atomic E-state index is -0.229.